The molecular formula is C27H24Cl2FN5O2. The molecule has 0 unspecified atom stereocenters. The van der Waals surface area contributed by atoms with Crippen LogP contribution in [0.2, 0.25) is 10.0 Å². The molecule has 190 valence electrons. The number of imidazole rings is 1. The Morgan fingerprint density at radius 3 is 2.65 bits per heavy atom. The normalized spacial score (nSPS) is 15.9. The standard InChI is InChI=1S/C27H24Cl2FN5O2/c1-12-20(25(36)32-19-8-14(13-4-5-13)6-7-18(19)30)24-15(9-27(2,3)37-24)22-21(12)33-26(34-22)35-23-16(28)10-31-11-17(23)29/h6-8,10-11,13H,4-5,9H2,1-3H3,(H,32,36)(H2,31,33,34,35). The van der Waals surface area contributed by atoms with Gasteiger partial charge in [0.1, 0.15) is 17.2 Å². The lowest BCUT2D eigenvalue weighted by Gasteiger charge is -2.19. The molecule has 0 bridgehead atoms. The molecule has 2 aliphatic rings. The van der Waals surface area contributed by atoms with Gasteiger partial charge in [0.05, 0.1) is 38.0 Å². The van der Waals surface area contributed by atoms with Crippen LogP contribution in [0.5, 0.6) is 5.75 Å². The van der Waals surface area contributed by atoms with E-state index in [4.69, 9.17) is 32.9 Å². The van der Waals surface area contributed by atoms with Gasteiger partial charge in [0.2, 0.25) is 5.95 Å². The third-order valence-corrected chi connectivity index (χ3v) is 7.40. The van der Waals surface area contributed by atoms with Crippen molar-refractivity contribution >= 4 is 57.5 Å². The number of rotatable bonds is 5. The highest BCUT2D eigenvalue weighted by molar-refractivity contribution is 6.39. The van der Waals surface area contributed by atoms with Crippen molar-refractivity contribution in [3.63, 3.8) is 0 Å². The minimum Gasteiger partial charge on any atom is -0.486 e. The number of nitrogens with one attached hydrogen (secondary N) is 3. The number of aromatic nitrogens is 3. The van der Waals surface area contributed by atoms with Crippen molar-refractivity contribution in [2.45, 2.75) is 51.6 Å². The average Bonchev–Trinajstić information content (AvgIpc) is 3.51. The molecule has 4 aromatic rings. The third kappa shape index (κ3) is 4.28. The average molecular weight is 540 g/mol. The number of ether oxygens (including phenoxy) is 1. The van der Waals surface area contributed by atoms with E-state index in [1.54, 1.807) is 19.1 Å². The molecule has 6 rings (SSSR count). The number of pyridine rings is 1. The van der Waals surface area contributed by atoms with Crippen LogP contribution in [0.15, 0.2) is 30.6 Å². The summed E-state index contributed by atoms with van der Waals surface area (Å²) >= 11 is 12.6. The Labute approximate surface area is 222 Å². The topological polar surface area (TPSA) is 91.9 Å². The fourth-order valence-electron chi connectivity index (χ4n) is 4.91. The summed E-state index contributed by atoms with van der Waals surface area (Å²) in [6, 6.07) is 4.91. The Bertz CT molecular complexity index is 1580. The van der Waals surface area contributed by atoms with Crippen LogP contribution in [0.4, 0.5) is 21.7 Å². The highest BCUT2D eigenvalue weighted by atomic mass is 35.5. The van der Waals surface area contributed by atoms with E-state index < -0.39 is 17.3 Å². The first kappa shape index (κ1) is 24.0. The zero-order valence-corrected chi connectivity index (χ0v) is 21.9. The van der Waals surface area contributed by atoms with E-state index in [0.29, 0.717) is 56.4 Å². The minimum absolute atomic E-state index is 0.159. The van der Waals surface area contributed by atoms with Gasteiger partial charge in [-0.2, -0.15) is 0 Å². The number of H-pyrrole nitrogens is 1. The molecule has 3 N–H and O–H groups in total. The molecule has 2 aromatic heterocycles. The van der Waals surface area contributed by atoms with Crippen LogP contribution in [0.3, 0.4) is 0 Å². The molecule has 2 aromatic carbocycles. The molecule has 1 aliphatic carbocycles. The van der Waals surface area contributed by atoms with Crippen LogP contribution in [0.1, 0.15) is 59.7 Å². The lowest BCUT2D eigenvalue weighted by molar-refractivity contribution is 0.101. The monoisotopic (exact) mass is 539 g/mol. The van der Waals surface area contributed by atoms with E-state index in [0.717, 1.165) is 29.5 Å². The van der Waals surface area contributed by atoms with Gasteiger partial charge >= 0.3 is 0 Å². The molecule has 1 aliphatic heterocycles. The molecule has 0 spiro atoms. The smallest absolute Gasteiger partial charge is 0.259 e. The predicted octanol–water partition coefficient (Wildman–Crippen LogP) is 7.30. The lowest BCUT2D eigenvalue weighted by Crippen LogP contribution is -2.25. The molecule has 0 atom stereocenters. The second-order valence-corrected chi connectivity index (χ2v) is 11.0. The Hall–Kier alpha value is -3.36. The van der Waals surface area contributed by atoms with Gasteiger partial charge in [-0.3, -0.25) is 9.78 Å². The largest absolute Gasteiger partial charge is 0.486 e. The first-order chi connectivity index (χ1) is 17.6. The molecule has 3 heterocycles. The number of benzene rings is 2. The first-order valence-corrected chi connectivity index (χ1v) is 12.8. The number of amides is 1. The first-order valence-electron chi connectivity index (χ1n) is 12.0. The molecule has 37 heavy (non-hydrogen) atoms. The van der Waals surface area contributed by atoms with Crippen LogP contribution >= 0.6 is 23.2 Å². The minimum atomic E-state index is -0.536. The lowest BCUT2D eigenvalue weighted by atomic mass is 9.96. The Morgan fingerprint density at radius 2 is 1.95 bits per heavy atom. The maximum Gasteiger partial charge on any atom is 0.259 e. The summed E-state index contributed by atoms with van der Waals surface area (Å²) in [7, 11) is 0. The fourth-order valence-corrected chi connectivity index (χ4v) is 5.37. The van der Waals surface area contributed by atoms with Gasteiger partial charge in [-0.15, -0.1) is 0 Å². The van der Waals surface area contributed by atoms with Crippen LogP contribution in [0, 0.1) is 12.7 Å². The van der Waals surface area contributed by atoms with Crippen LogP contribution in [-0.4, -0.2) is 26.5 Å². The van der Waals surface area contributed by atoms with Crippen LogP contribution in [0.25, 0.3) is 11.0 Å². The van der Waals surface area contributed by atoms with Gasteiger partial charge in [-0.05, 0) is 62.8 Å². The van der Waals surface area contributed by atoms with Crippen molar-refractivity contribution in [2.24, 2.45) is 0 Å². The summed E-state index contributed by atoms with van der Waals surface area (Å²) in [5.41, 5.74) is 4.24. The third-order valence-electron chi connectivity index (χ3n) is 6.83. The van der Waals surface area contributed by atoms with E-state index in [-0.39, 0.29) is 5.69 Å². The van der Waals surface area contributed by atoms with Gasteiger partial charge in [-0.25, -0.2) is 9.37 Å². The number of aromatic amines is 1. The highest BCUT2D eigenvalue weighted by Crippen LogP contribution is 2.45. The maximum atomic E-state index is 14.7. The van der Waals surface area contributed by atoms with E-state index in [1.165, 1.54) is 18.5 Å². The van der Waals surface area contributed by atoms with Crippen molar-refractivity contribution in [1.82, 2.24) is 15.0 Å². The van der Waals surface area contributed by atoms with E-state index in [1.807, 2.05) is 13.8 Å². The number of halogens is 3. The molecule has 1 saturated carbocycles. The zero-order valence-electron chi connectivity index (χ0n) is 20.4. The van der Waals surface area contributed by atoms with Gasteiger partial charge in [0.25, 0.3) is 5.91 Å². The number of nitrogens with zero attached hydrogens (tertiary/aromatic N) is 2. The fraction of sp³-hybridized carbons (Fsp3) is 0.296. The van der Waals surface area contributed by atoms with E-state index >= 15 is 0 Å². The zero-order chi connectivity index (χ0) is 26.1. The Kier molecular flexibility index (Phi) is 5.58. The van der Waals surface area contributed by atoms with E-state index in [9.17, 15) is 9.18 Å². The number of fused-ring (bicyclic) bond motifs is 3. The molecular weight excluding hydrogens is 516 g/mol. The number of anilines is 3. The number of carbonyl (C=O) groups excluding carboxylic acids is 1. The van der Waals surface area contributed by atoms with Crippen molar-refractivity contribution < 1.29 is 13.9 Å². The second kappa shape index (κ2) is 8.60. The van der Waals surface area contributed by atoms with Gasteiger partial charge < -0.3 is 20.4 Å². The highest BCUT2D eigenvalue weighted by Gasteiger charge is 2.38. The van der Waals surface area contributed by atoms with Crippen LogP contribution < -0.4 is 15.4 Å². The second-order valence-electron chi connectivity index (χ2n) is 10.2. The summed E-state index contributed by atoms with van der Waals surface area (Å²) in [5, 5.41) is 6.60. The molecule has 0 radical (unpaired) electrons. The predicted molar refractivity (Wildman–Crippen MR) is 143 cm³/mol. The quantitative estimate of drug-likeness (QED) is 0.247. The number of aryl methyl sites for hydroxylation is 1. The summed E-state index contributed by atoms with van der Waals surface area (Å²) in [4.78, 5) is 25.6. The number of carbonyl (C=O) groups is 1. The van der Waals surface area contributed by atoms with Crippen molar-refractivity contribution in [1.29, 1.82) is 0 Å². The number of hydrogen-bond acceptors (Lipinski definition) is 5. The molecule has 0 saturated heterocycles. The van der Waals surface area contributed by atoms with Crippen molar-refractivity contribution in [2.75, 3.05) is 10.6 Å². The van der Waals surface area contributed by atoms with Gasteiger partial charge in [0, 0.05) is 24.4 Å². The summed E-state index contributed by atoms with van der Waals surface area (Å²) in [5.74, 6) is 0.381. The SMILES string of the molecule is Cc1c(C(=O)Nc2cc(C3CC3)ccc2F)c2c(c3[nH]c(Nc4c(Cl)cncc4Cl)nc13)CC(C)(C)O2. The van der Waals surface area contributed by atoms with Crippen molar-refractivity contribution in [3.8, 4) is 5.75 Å². The molecule has 7 nitrogen and oxygen atoms in total. The van der Waals surface area contributed by atoms with Crippen molar-refractivity contribution in [3.05, 3.63) is 68.7 Å². The van der Waals surface area contributed by atoms with Gasteiger partial charge in [0.15, 0.2) is 0 Å². The molecule has 1 amide bonds. The summed E-state index contributed by atoms with van der Waals surface area (Å²) in [6.07, 6.45) is 5.69. The van der Waals surface area contributed by atoms with E-state index in [2.05, 4.69) is 20.6 Å². The summed E-state index contributed by atoms with van der Waals surface area (Å²) < 4.78 is 20.9. The summed E-state index contributed by atoms with van der Waals surface area (Å²) in [6.45, 7) is 5.72. The Morgan fingerprint density at radius 1 is 1.22 bits per heavy atom. The Balaban J connectivity index is 1.44. The molecule has 1 fully saturated rings. The number of hydrogen-bond donors (Lipinski definition) is 3. The van der Waals surface area contributed by atoms with Crippen LogP contribution in [-0.2, 0) is 6.42 Å². The maximum absolute atomic E-state index is 14.7. The van der Waals surface area contributed by atoms with Gasteiger partial charge in [-0.1, -0.05) is 29.3 Å². The molecule has 10 heteroatoms.